The van der Waals surface area contributed by atoms with Crippen LogP contribution in [0.2, 0.25) is 0 Å². The molecule has 1 saturated heterocycles. The van der Waals surface area contributed by atoms with Crippen LogP contribution in [0.3, 0.4) is 0 Å². The topological polar surface area (TPSA) is 113 Å². The minimum Gasteiger partial charge on any atom is -0.394 e. The van der Waals surface area contributed by atoms with Gasteiger partial charge in [0.15, 0.2) is 5.82 Å². The third kappa shape index (κ3) is 5.87. The van der Waals surface area contributed by atoms with Gasteiger partial charge in [0.25, 0.3) is 0 Å². The molecule has 3 aromatic rings. The molecule has 1 atom stereocenters. The molecule has 1 aliphatic heterocycles. The summed E-state index contributed by atoms with van der Waals surface area (Å²) in [7, 11) is 0. The number of aliphatic hydroxyl groups excluding tert-OH is 1. The lowest BCUT2D eigenvalue weighted by Gasteiger charge is -2.41. The molecule has 4 rings (SSSR count). The van der Waals surface area contributed by atoms with Crippen molar-refractivity contribution in [2.24, 2.45) is 0 Å². The van der Waals surface area contributed by atoms with Crippen LogP contribution in [0.4, 0.5) is 31.3 Å². The van der Waals surface area contributed by atoms with Gasteiger partial charge in [-0.25, -0.2) is 24.6 Å². The maximum absolute atomic E-state index is 13.5. The number of nitrogens with zero attached hydrogens (tertiary/aromatic N) is 8. The molecule has 0 aromatic carbocycles. The summed E-state index contributed by atoms with van der Waals surface area (Å²) in [5.74, 6) is -1.17. The molecule has 0 aliphatic carbocycles. The molecular formula is C21H22F6N8O2S. The summed E-state index contributed by atoms with van der Waals surface area (Å²) in [6.45, 7) is 3.31. The highest BCUT2D eigenvalue weighted by atomic mass is 32.1. The minimum absolute atomic E-state index is 0.0177. The monoisotopic (exact) mass is 564 g/mol. The molecule has 38 heavy (non-hydrogen) atoms. The van der Waals surface area contributed by atoms with Crippen LogP contribution in [0, 0.1) is 0 Å². The summed E-state index contributed by atoms with van der Waals surface area (Å²) in [6.07, 6.45) is -6.67. The largest absolute Gasteiger partial charge is 0.451 e. The zero-order valence-corrected chi connectivity index (χ0v) is 20.8. The average molecular weight is 565 g/mol. The van der Waals surface area contributed by atoms with Gasteiger partial charge < -0.3 is 14.9 Å². The summed E-state index contributed by atoms with van der Waals surface area (Å²) >= 11 is 0.312. The molecule has 3 aromatic heterocycles. The molecule has 0 radical (unpaired) electrons. The van der Waals surface area contributed by atoms with Gasteiger partial charge in [-0.1, -0.05) is 25.2 Å². The number of hydrogen-bond acceptors (Lipinski definition) is 9. The van der Waals surface area contributed by atoms with E-state index in [0.29, 0.717) is 17.2 Å². The number of piperazine rings is 1. The van der Waals surface area contributed by atoms with Gasteiger partial charge in [-0.15, -0.1) is 0 Å². The lowest BCUT2D eigenvalue weighted by molar-refractivity contribution is -0.145. The van der Waals surface area contributed by atoms with E-state index in [1.54, 1.807) is 0 Å². The molecule has 10 nitrogen and oxygen atoms in total. The first-order chi connectivity index (χ1) is 17.8. The molecule has 1 unspecified atom stereocenters. The zero-order chi connectivity index (χ0) is 27.8. The SMILES string of the molecule is CC(C)c1ncn(CC(=O)N2CCN(c3sc(C(F)(F)F)nc3-c3cnc(C(F)(F)F)nc3)CC2CO)n1. The summed E-state index contributed by atoms with van der Waals surface area (Å²) in [6, 6.07) is -0.766. The second kappa shape index (κ2) is 10.4. The van der Waals surface area contributed by atoms with Crippen LogP contribution < -0.4 is 4.90 Å². The van der Waals surface area contributed by atoms with E-state index in [2.05, 4.69) is 25.0 Å². The number of thiazole rings is 1. The third-order valence-electron chi connectivity index (χ3n) is 5.70. The van der Waals surface area contributed by atoms with Crippen LogP contribution in [-0.2, 0) is 23.7 Å². The van der Waals surface area contributed by atoms with Crippen molar-refractivity contribution in [1.82, 2.24) is 34.6 Å². The van der Waals surface area contributed by atoms with E-state index in [1.807, 2.05) is 13.8 Å². The number of alkyl halides is 6. The number of carbonyl (C=O) groups is 1. The molecule has 0 spiro atoms. The fourth-order valence-corrected chi connectivity index (χ4v) is 4.83. The van der Waals surface area contributed by atoms with E-state index >= 15 is 0 Å². The summed E-state index contributed by atoms with van der Waals surface area (Å²) in [5.41, 5.74) is -0.373. The minimum atomic E-state index is -4.82. The first-order valence-electron chi connectivity index (χ1n) is 11.3. The van der Waals surface area contributed by atoms with Gasteiger partial charge in [-0.2, -0.15) is 31.4 Å². The van der Waals surface area contributed by atoms with E-state index in [-0.39, 0.29) is 54.3 Å². The van der Waals surface area contributed by atoms with Crippen molar-refractivity contribution >= 4 is 22.2 Å². The molecule has 1 amide bonds. The first-order valence-corrected chi connectivity index (χ1v) is 12.1. The molecule has 1 N–H and O–H groups in total. The molecule has 206 valence electrons. The number of anilines is 1. The Morgan fingerprint density at radius 1 is 1.11 bits per heavy atom. The number of halogens is 6. The molecular weight excluding hydrogens is 542 g/mol. The molecule has 1 aliphatic rings. The van der Waals surface area contributed by atoms with E-state index < -0.39 is 35.8 Å². The van der Waals surface area contributed by atoms with Crippen molar-refractivity contribution in [2.45, 2.75) is 44.7 Å². The van der Waals surface area contributed by atoms with Gasteiger partial charge in [-0.3, -0.25) is 4.79 Å². The van der Waals surface area contributed by atoms with Gasteiger partial charge in [-0.05, 0) is 0 Å². The van der Waals surface area contributed by atoms with Gasteiger partial charge >= 0.3 is 12.4 Å². The Morgan fingerprint density at radius 2 is 1.79 bits per heavy atom. The van der Waals surface area contributed by atoms with Crippen molar-refractivity contribution in [1.29, 1.82) is 0 Å². The fourth-order valence-electron chi connectivity index (χ4n) is 3.84. The zero-order valence-electron chi connectivity index (χ0n) is 20.0. The molecule has 4 heterocycles. The quantitative estimate of drug-likeness (QED) is 0.455. The lowest BCUT2D eigenvalue weighted by atomic mass is 10.1. The number of rotatable bonds is 6. The second-order valence-electron chi connectivity index (χ2n) is 8.79. The van der Waals surface area contributed by atoms with Crippen LogP contribution in [0.1, 0.15) is 36.4 Å². The Labute approximate surface area is 216 Å². The van der Waals surface area contributed by atoms with E-state index in [4.69, 9.17) is 0 Å². The van der Waals surface area contributed by atoms with Gasteiger partial charge in [0.1, 0.15) is 23.6 Å². The summed E-state index contributed by atoms with van der Waals surface area (Å²) < 4.78 is 80.4. The Morgan fingerprint density at radius 3 is 2.34 bits per heavy atom. The van der Waals surface area contributed by atoms with Gasteiger partial charge in [0.2, 0.25) is 16.7 Å². The van der Waals surface area contributed by atoms with Crippen molar-refractivity contribution in [2.75, 3.05) is 31.1 Å². The Hall–Kier alpha value is -3.34. The van der Waals surface area contributed by atoms with Crippen molar-refractivity contribution < 1.29 is 36.2 Å². The number of aromatic nitrogens is 6. The third-order valence-corrected chi connectivity index (χ3v) is 6.86. The smallest absolute Gasteiger partial charge is 0.394 e. The molecule has 1 fully saturated rings. The van der Waals surface area contributed by atoms with Gasteiger partial charge in [0.05, 0.1) is 12.6 Å². The fraction of sp³-hybridized carbons (Fsp3) is 0.524. The Balaban J connectivity index is 1.57. The van der Waals surface area contributed by atoms with Crippen LogP contribution in [0.5, 0.6) is 0 Å². The average Bonchev–Trinajstić information content (AvgIpc) is 3.51. The van der Waals surface area contributed by atoms with E-state index in [0.717, 1.165) is 12.4 Å². The van der Waals surface area contributed by atoms with Crippen molar-refractivity contribution in [3.63, 3.8) is 0 Å². The number of carbonyl (C=O) groups excluding carboxylic acids is 1. The maximum Gasteiger partial charge on any atom is 0.451 e. The number of hydrogen-bond donors (Lipinski definition) is 1. The lowest BCUT2D eigenvalue weighted by Crippen LogP contribution is -2.57. The highest BCUT2D eigenvalue weighted by Gasteiger charge is 2.39. The highest BCUT2D eigenvalue weighted by Crippen LogP contribution is 2.43. The summed E-state index contributed by atoms with van der Waals surface area (Å²) in [5, 5.41) is 13.0. The normalized spacial score (nSPS) is 16.9. The van der Waals surface area contributed by atoms with Crippen LogP contribution in [0.15, 0.2) is 18.7 Å². The molecule has 0 saturated carbocycles. The predicted octanol–water partition coefficient (Wildman–Crippen LogP) is 3.06. The number of aliphatic hydroxyl groups is 1. The highest BCUT2D eigenvalue weighted by molar-refractivity contribution is 7.16. The van der Waals surface area contributed by atoms with Crippen molar-refractivity contribution in [3.05, 3.63) is 35.4 Å². The Kier molecular flexibility index (Phi) is 7.60. The predicted molar refractivity (Wildman–Crippen MR) is 122 cm³/mol. The Bertz CT molecular complexity index is 1270. The molecule has 17 heteroatoms. The van der Waals surface area contributed by atoms with Gasteiger partial charge in [0, 0.05) is 43.5 Å². The standard InChI is InChI=1S/C21H22F6N8O2S/c1-11(2)16-30-10-34(32-16)8-14(37)35-4-3-33(7-13(35)9-36)17-15(31-19(38-17)21(25,26)27)12-5-28-18(29-6-12)20(22,23)24/h5-6,10-11,13,36H,3-4,7-9H2,1-2H3. The molecule has 0 bridgehead atoms. The second-order valence-corrected chi connectivity index (χ2v) is 9.77. The first kappa shape index (κ1) is 27.7. The van der Waals surface area contributed by atoms with E-state index in [9.17, 15) is 36.2 Å². The van der Waals surface area contributed by atoms with E-state index in [1.165, 1.54) is 20.8 Å². The van der Waals surface area contributed by atoms with Crippen LogP contribution in [0.25, 0.3) is 11.3 Å². The summed E-state index contributed by atoms with van der Waals surface area (Å²) in [4.78, 5) is 30.1. The van der Waals surface area contributed by atoms with Crippen molar-refractivity contribution in [3.8, 4) is 11.3 Å². The van der Waals surface area contributed by atoms with Crippen LogP contribution in [-0.4, -0.2) is 77.9 Å². The van der Waals surface area contributed by atoms with Crippen LogP contribution >= 0.6 is 11.3 Å². The number of amides is 1. The maximum atomic E-state index is 13.5.